The minimum absolute atomic E-state index is 0.400. The normalized spacial score (nSPS) is 17.1. The van der Waals surface area contributed by atoms with Crippen LogP contribution in [0.15, 0.2) is 43.0 Å². The second-order valence-electron chi connectivity index (χ2n) is 7.54. The highest BCUT2D eigenvalue weighted by Crippen LogP contribution is 2.30. The minimum atomic E-state index is 0.400. The summed E-state index contributed by atoms with van der Waals surface area (Å²) in [6.45, 7) is 6.94. The fourth-order valence-corrected chi connectivity index (χ4v) is 4.06. The Labute approximate surface area is 166 Å². The van der Waals surface area contributed by atoms with Gasteiger partial charge in [-0.25, -0.2) is 15.0 Å². The zero-order valence-corrected chi connectivity index (χ0v) is 16.8. The molecule has 0 unspecified atom stereocenters. The first kappa shape index (κ1) is 18.6. The molecule has 0 radical (unpaired) electrons. The molecular weight excluding hydrogens is 348 g/mol. The van der Waals surface area contributed by atoms with Crippen LogP contribution < -0.4 is 4.90 Å². The predicted octanol–water partition coefficient (Wildman–Crippen LogP) is 3.76. The van der Waals surface area contributed by atoms with Gasteiger partial charge in [0.2, 0.25) is 0 Å². The lowest BCUT2D eigenvalue weighted by Crippen LogP contribution is -2.36. The van der Waals surface area contributed by atoms with Crippen molar-refractivity contribution < 1.29 is 0 Å². The lowest BCUT2D eigenvalue weighted by Gasteiger charge is -2.34. The van der Waals surface area contributed by atoms with Crippen molar-refractivity contribution in [2.24, 2.45) is 0 Å². The Bertz CT molecular complexity index is 904. The van der Waals surface area contributed by atoms with Gasteiger partial charge in [0.15, 0.2) is 0 Å². The molecule has 0 saturated carbocycles. The summed E-state index contributed by atoms with van der Waals surface area (Å²) in [5, 5.41) is 0. The van der Waals surface area contributed by atoms with Gasteiger partial charge in [-0.15, -0.1) is 0 Å². The SMILES string of the molecule is CCCc1cnc(C)nc1N1CCC[C@@H](c2nccn2Cc2ccccn2)C1. The van der Waals surface area contributed by atoms with E-state index in [9.17, 15) is 0 Å². The third kappa shape index (κ3) is 4.06. The molecule has 4 rings (SSSR count). The van der Waals surface area contributed by atoms with Crippen molar-refractivity contribution in [3.63, 3.8) is 0 Å². The number of rotatable bonds is 6. The monoisotopic (exact) mass is 376 g/mol. The molecule has 1 aliphatic heterocycles. The average Bonchev–Trinajstić information content (AvgIpc) is 3.18. The predicted molar refractivity (Wildman–Crippen MR) is 111 cm³/mol. The van der Waals surface area contributed by atoms with Crippen LogP contribution in [0.1, 0.15) is 55.0 Å². The molecule has 6 nitrogen and oxygen atoms in total. The first-order valence-electron chi connectivity index (χ1n) is 10.2. The highest BCUT2D eigenvalue weighted by molar-refractivity contribution is 5.47. The van der Waals surface area contributed by atoms with E-state index in [4.69, 9.17) is 9.97 Å². The second-order valence-corrected chi connectivity index (χ2v) is 7.54. The van der Waals surface area contributed by atoms with E-state index in [-0.39, 0.29) is 0 Å². The second kappa shape index (κ2) is 8.50. The molecule has 4 heterocycles. The summed E-state index contributed by atoms with van der Waals surface area (Å²) in [6.07, 6.45) is 12.3. The van der Waals surface area contributed by atoms with Crippen LogP contribution in [0, 0.1) is 6.92 Å². The van der Waals surface area contributed by atoms with Crippen molar-refractivity contribution in [3.8, 4) is 0 Å². The number of piperidine rings is 1. The molecule has 0 bridgehead atoms. The summed E-state index contributed by atoms with van der Waals surface area (Å²) < 4.78 is 2.24. The smallest absolute Gasteiger partial charge is 0.135 e. The number of hydrogen-bond acceptors (Lipinski definition) is 5. The average molecular weight is 377 g/mol. The number of hydrogen-bond donors (Lipinski definition) is 0. The maximum atomic E-state index is 4.80. The van der Waals surface area contributed by atoms with Crippen molar-refractivity contribution >= 4 is 5.82 Å². The topological polar surface area (TPSA) is 59.7 Å². The van der Waals surface area contributed by atoms with Crippen molar-refractivity contribution in [2.45, 2.75) is 52.0 Å². The van der Waals surface area contributed by atoms with E-state index >= 15 is 0 Å². The Balaban J connectivity index is 1.56. The number of anilines is 1. The molecule has 3 aromatic rings. The fraction of sp³-hybridized carbons (Fsp3) is 0.455. The summed E-state index contributed by atoms with van der Waals surface area (Å²) >= 11 is 0. The van der Waals surface area contributed by atoms with E-state index in [1.807, 2.05) is 37.6 Å². The summed E-state index contributed by atoms with van der Waals surface area (Å²) in [5.74, 6) is 3.51. The largest absolute Gasteiger partial charge is 0.356 e. The minimum Gasteiger partial charge on any atom is -0.356 e. The van der Waals surface area contributed by atoms with Crippen molar-refractivity contribution in [2.75, 3.05) is 18.0 Å². The molecule has 1 fully saturated rings. The molecule has 0 aliphatic carbocycles. The Morgan fingerprint density at radius 3 is 2.89 bits per heavy atom. The molecular formula is C22H28N6. The third-order valence-corrected chi connectivity index (χ3v) is 5.37. The first-order chi connectivity index (χ1) is 13.7. The molecule has 6 heteroatoms. The number of nitrogens with zero attached hydrogens (tertiary/aromatic N) is 6. The molecule has 28 heavy (non-hydrogen) atoms. The van der Waals surface area contributed by atoms with Crippen LogP contribution in [-0.4, -0.2) is 37.6 Å². The number of aryl methyl sites for hydroxylation is 2. The van der Waals surface area contributed by atoms with E-state index in [0.717, 1.165) is 68.5 Å². The Kier molecular flexibility index (Phi) is 5.65. The zero-order chi connectivity index (χ0) is 19.3. The lowest BCUT2D eigenvalue weighted by molar-refractivity contribution is 0.472. The molecule has 3 aromatic heterocycles. The summed E-state index contributed by atoms with van der Waals surface area (Å²) in [7, 11) is 0. The molecule has 0 N–H and O–H groups in total. The zero-order valence-electron chi connectivity index (χ0n) is 16.8. The molecule has 0 aromatic carbocycles. The van der Waals surface area contributed by atoms with E-state index in [2.05, 4.69) is 38.6 Å². The molecule has 1 aliphatic rings. The maximum Gasteiger partial charge on any atom is 0.135 e. The first-order valence-corrected chi connectivity index (χ1v) is 10.2. The van der Waals surface area contributed by atoms with Crippen LogP contribution in [0.3, 0.4) is 0 Å². The van der Waals surface area contributed by atoms with E-state index in [1.165, 1.54) is 5.56 Å². The molecule has 146 valence electrons. The van der Waals surface area contributed by atoms with Crippen LogP contribution >= 0.6 is 0 Å². The van der Waals surface area contributed by atoms with Crippen LogP contribution in [0.4, 0.5) is 5.82 Å². The van der Waals surface area contributed by atoms with Gasteiger partial charge in [-0.05, 0) is 38.3 Å². The van der Waals surface area contributed by atoms with Crippen molar-refractivity contribution in [3.05, 3.63) is 65.9 Å². The summed E-state index contributed by atoms with van der Waals surface area (Å²) in [5.41, 5.74) is 2.32. The van der Waals surface area contributed by atoms with Gasteiger partial charge in [-0.1, -0.05) is 19.4 Å². The van der Waals surface area contributed by atoms with Crippen LogP contribution in [0.25, 0.3) is 0 Å². The Hall–Kier alpha value is -2.76. The van der Waals surface area contributed by atoms with E-state index in [1.54, 1.807) is 0 Å². The number of aromatic nitrogens is 5. The van der Waals surface area contributed by atoms with Crippen molar-refractivity contribution in [1.29, 1.82) is 0 Å². The highest BCUT2D eigenvalue weighted by Gasteiger charge is 2.27. The number of imidazole rings is 1. The van der Waals surface area contributed by atoms with Gasteiger partial charge in [0, 0.05) is 49.4 Å². The van der Waals surface area contributed by atoms with E-state index < -0.39 is 0 Å². The van der Waals surface area contributed by atoms with Gasteiger partial charge in [-0.2, -0.15) is 0 Å². The molecule has 1 saturated heterocycles. The standard InChI is InChI=1S/C22H28N6/c1-3-7-18-14-25-17(2)26-22(18)27-12-6-8-19(15-27)21-24-11-13-28(21)16-20-9-4-5-10-23-20/h4-5,9-11,13-14,19H,3,6-8,12,15-16H2,1-2H3/t19-/m1/s1. The lowest BCUT2D eigenvalue weighted by atomic mass is 9.96. The molecule has 0 amide bonds. The van der Waals surface area contributed by atoms with Gasteiger partial charge in [0.25, 0.3) is 0 Å². The van der Waals surface area contributed by atoms with E-state index in [0.29, 0.717) is 5.92 Å². The van der Waals surface area contributed by atoms with Crippen molar-refractivity contribution in [1.82, 2.24) is 24.5 Å². The van der Waals surface area contributed by atoms with Gasteiger partial charge in [-0.3, -0.25) is 4.98 Å². The quantitative estimate of drug-likeness (QED) is 0.655. The van der Waals surface area contributed by atoms with Gasteiger partial charge in [0.05, 0.1) is 12.2 Å². The fourth-order valence-electron chi connectivity index (χ4n) is 4.06. The highest BCUT2D eigenvalue weighted by atomic mass is 15.2. The van der Waals surface area contributed by atoms with Gasteiger partial charge >= 0.3 is 0 Å². The third-order valence-electron chi connectivity index (χ3n) is 5.37. The van der Waals surface area contributed by atoms with Crippen LogP contribution in [0.2, 0.25) is 0 Å². The molecule has 1 atom stereocenters. The summed E-state index contributed by atoms with van der Waals surface area (Å²) in [6, 6.07) is 6.06. The number of pyridine rings is 1. The maximum absolute atomic E-state index is 4.80. The molecule has 0 spiro atoms. The van der Waals surface area contributed by atoms with Gasteiger partial charge < -0.3 is 9.47 Å². The summed E-state index contributed by atoms with van der Waals surface area (Å²) in [4.78, 5) is 20.8. The Morgan fingerprint density at radius 2 is 2.07 bits per heavy atom. The van der Waals surface area contributed by atoms with Gasteiger partial charge in [0.1, 0.15) is 17.5 Å². The Morgan fingerprint density at radius 1 is 1.14 bits per heavy atom. The van der Waals surface area contributed by atoms with Crippen LogP contribution in [-0.2, 0) is 13.0 Å². The van der Waals surface area contributed by atoms with Crippen LogP contribution in [0.5, 0.6) is 0 Å².